The van der Waals surface area contributed by atoms with E-state index in [1.807, 2.05) is 6.07 Å². The van der Waals surface area contributed by atoms with Crippen molar-refractivity contribution in [3.63, 3.8) is 0 Å². The molecule has 4 aromatic rings. The lowest BCUT2D eigenvalue weighted by Crippen LogP contribution is -2.38. The molecular weight excluding hydrogens is 478 g/mol. The van der Waals surface area contributed by atoms with E-state index in [2.05, 4.69) is 39.3 Å². The van der Waals surface area contributed by atoms with Crippen molar-refractivity contribution in [3.05, 3.63) is 99.5 Å². The molecule has 2 aliphatic rings. The monoisotopic (exact) mass is 500 g/mol. The van der Waals surface area contributed by atoms with E-state index in [0.29, 0.717) is 5.69 Å². The van der Waals surface area contributed by atoms with E-state index >= 15 is 0 Å². The zero-order chi connectivity index (χ0) is 25.9. The number of nitrogens with zero attached hydrogens (tertiary/aromatic N) is 4. The molecule has 2 atom stereocenters. The number of amides is 1. The molecule has 0 radical (unpaired) electrons. The minimum atomic E-state index is -0.691. The van der Waals surface area contributed by atoms with Crippen molar-refractivity contribution in [2.24, 2.45) is 5.41 Å². The Bertz CT molecular complexity index is 1590. The summed E-state index contributed by atoms with van der Waals surface area (Å²) in [6.07, 6.45) is 3.98. The molecule has 2 aliphatic carbocycles. The maximum absolute atomic E-state index is 14.5. The smallest absolute Gasteiger partial charge is 0.275 e. The van der Waals surface area contributed by atoms with Crippen molar-refractivity contribution in [2.45, 2.75) is 38.0 Å². The molecule has 0 spiro atoms. The average Bonchev–Trinajstić information content (AvgIpc) is 3.26. The summed E-state index contributed by atoms with van der Waals surface area (Å²) in [4.78, 5) is 35.3. The fourth-order valence-corrected chi connectivity index (χ4v) is 6.15. The van der Waals surface area contributed by atoms with Crippen LogP contribution in [0.3, 0.4) is 0 Å². The van der Waals surface area contributed by atoms with Gasteiger partial charge in [-0.15, -0.1) is 5.10 Å². The maximum atomic E-state index is 14.5. The minimum absolute atomic E-state index is 0.0798. The van der Waals surface area contributed by atoms with Crippen molar-refractivity contribution in [1.82, 2.24) is 25.1 Å². The van der Waals surface area contributed by atoms with Crippen LogP contribution in [0.25, 0.3) is 11.3 Å². The van der Waals surface area contributed by atoms with Crippen LogP contribution >= 0.6 is 0 Å². The van der Waals surface area contributed by atoms with Gasteiger partial charge >= 0.3 is 0 Å². The molecule has 1 amide bonds. The Morgan fingerprint density at radius 1 is 1.11 bits per heavy atom. The SMILES string of the molecule is CC1(C)[C@H]2CC[C@]1(c1cccc(C(=O)Nc3c[nH]c(=O)cn3)n1)c1nnc(-c3c(F)cccc3F)cc12. The Kier molecular flexibility index (Phi) is 5.05. The van der Waals surface area contributed by atoms with E-state index in [1.165, 1.54) is 24.4 Å². The average molecular weight is 501 g/mol. The summed E-state index contributed by atoms with van der Waals surface area (Å²) in [6.45, 7) is 4.27. The number of hydrogen-bond acceptors (Lipinski definition) is 6. The number of H-pyrrole nitrogens is 1. The van der Waals surface area contributed by atoms with Crippen molar-refractivity contribution < 1.29 is 13.6 Å². The Morgan fingerprint density at radius 3 is 2.59 bits per heavy atom. The van der Waals surface area contributed by atoms with Gasteiger partial charge in [-0.05, 0) is 60.1 Å². The van der Waals surface area contributed by atoms with E-state index in [1.54, 1.807) is 18.2 Å². The minimum Gasteiger partial charge on any atom is -0.324 e. The first kappa shape index (κ1) is 23.1. The second-order valence-electron chi connectivity index (χ2n) is 10.0. The molecule has 2 bridgehead atoms. The first-order chi connectivity index (χ1) is 17.7. The zero-order valence-corrected chi connectivity index (χ0v) is 20.0. The molecule has 1 fully saturated rings. The summed E-state index contributed by atoms with van der Waals surface area (Å²) >= 11 is 0. The molecule has 1 saturated carbocycles. The third-order valence-electron chi connectivity index (χ3n) is 7.93. The van der Waals surface area contributed by atoms with Crippen LogP contribution in [0.15, 0.2) is 59.7 Å². The molecule has 2 N–H and O–H groups in total. The summed E-state index contributed by atoms with van der Waals surface area (Å²) in [6, 6.07) is 10.7. The van der Waals surface area contributed by atoms with E-state index in [9.17, 15) is 18.4 Å². The molecule has 3 aromatic heterocycles. The molecule has 0 aliphatic heterocycles. The van der Waals surface area contributed by atoms with Gasteiger partial charge in [0.2, 0.25) is 0 Å². The van der Waals surface area contributed by atoms with E-state index in [-0.39, 0.29) is 39.7 Å². The van der Waals surface area contributed by atoms with Crippen LogP contribution in [-0.4, -0.2) is 31.1 Å². The quantitative estimate of drug-likeness (QED) is 0.431. The summed E-state index contributed by atoms with van der Waals surface area (Å²) in [7, 11) is 0. The van der Waals surface area contributed by atoms with Crippen LogP contribution in [0.4, 0.5) is 14.6 Å². The highest BCUT2D eigenvalue weighted by molar-refractivity contribution is 6.02. The molecule has 37 heavy (non-hydrogen) atoms. The molecule has 3 heterocycles. The van der Waals surface area contributed by atoms with Gasteiger partial charge < -0.3 is 10.3 Å². The number of halogens is 2. The molecular formula is C27H22F2N6O2. The van der Waals surface area contributed by atoms with Crippen molar-refractivity contribution in [2.75, 3.05) is 5.32 Å². The number of hydrogen-bond donors (Lipinski definition) is 2. The predicted octanol–water partition coefficient (Wildman–Crippen LogP) is 4.36. The fraction of sp³-hybridized carbons (Fsp3) is 0.259. The van der Waals surface area contributed by atoms with E-state index in [4.69, 9.17) is 4.98 Å². The normalized spacial score (nSPS) is 21.0. The largest absolute Gasteiger partial charge is 0.324 e. The number of benzene rings is 1. The van der Waals surface area contributed by atoms with Crippen LogP contribution in [0.1, 0.15) is 60.0 Å². The van der Waals surface area contributed by atoms with E-state index < -0.39 is 23.0 Å². The Balaban J connectivity index is 1.42. The fourth-order valence-electron chi connectivity index (χ4n) is 6.15. The van der Waals surface area contributed by atoms with Gasteiger partial charge in [0.1, 0.15) is 23.1 Å². The van der Waals surface area contributed by atoms with Crippen molar-refractivity contribution in [1.29, 1.82) is 0 Å². The Labute approximate surface area is 210 Å². The highest BCUT2D eigenvalue weighted by Gasteiger charge is 2.65. The standard InChI is InChI=1S/C27H22F2N6O2/c1-26(2)15-9-10-27(26,24-14(15)11-19(34-35-24)23-16(28)5-3-6-17(23)29)20-8-4-7-18(32-20)25(37)33-21-12-31-22(36)13-30-21/h3-8,11-13,15H,9-10H2,1-2H3,(H,31,36)(H,30,33,37)/t15-,27-/m0/s1. The molecule has 186 valence electrons. The molecule has 10 heteroatoms. The second-order valence-corrected chi connectivity index (χ2v) is 10.0. The maximum Gasteiger partial charge on any atom is 0.275 e. The van der Waals surface area contributed by atoms with Crippen LogP contribution in [-0.2, 0) is 5.41 Å². The van der Waals surface area contributed by atoms with Gasteiger partial charge in [-0.1, -0.05) is 26.0 Å². The molecule has 0 saturated heterocycles. The summed E-state index contributed by atoms with van der Waals surface area (Å²) in [5.74, 6) is -1.58. The number of nitrogens with one attached hydrogen (secondary N) is 2. The molecule has 0 unspecified atom stereocenters. The van der Waals surface area contributed by atoms with Crippen LogP contribution in [0, 0.1) is 17.0 Å². The van der Waals surface area contributed by atoms with Crippen molar-refractivity contribution in [3.8, 4) is 11.3 Å². The number of rotatable bonds is 4. The Morgan fingerprint density at radius 2 is 1.86 bits per heavy atom. The van der Waals surface area contributed by atoms with Crippen LogP contribution in [0.2, 0.25) is 0 Å². The van der Waals surface area contributed by atoms with Gasteiger partial charge in [0.05, 0.1) is 34.3 Å². The first-order valence-electron chi connectivity index (χ1n) is 11.9. The summed E-state index contributed by atoms with van der Waals surface area (Å²) < 4.78 is 29.0. The number of fused-ring (bicyclic) bond motifs is 5. The van der Waals surface area contributed by atoms with Gasteiger partial charge in [0.15, 0.2) is 0 Å². The topological polar surface area (TPSA) is 114 Å². The van der Waals surface area contributed by atoms with Crippen LogP contribution < -0.4 is 10.9 Å². The highest BCUT2D eigenvalue weighted by Crippen LogP contribution is 2.69. The number of aromatic nitrogens is 5. The molecule has 8 nitrogen and oxygen atoms in total. The molecule has 6 rings (SSSR count). The van der Waals surface area contributed by atoms with Gasteiger partial charge in [-0.2, -0.15) is 5.10 Å². The van der Waals surface area contributed by atoms with Gasteiger partial charge in [-0.3, -0.25) is 9.59 Å². The first-order valence-corrected chi connectivity index (χ1v) is 11.9. The number of pyridine rings is 1. The summed E-state index contributed by atoms with van der Waals surface area (Å²) in [5.41, 5.74) is 1.11. The number of aromatic amines is 1. The third-order valence-corrected chi connectivity index (χ3v) is 7.93. The molecule has 1 aromatic carbocycles. The lowest BCUT2D eigenvalue weighted by Gasteiger charge is -2.37. The number of carbonyl (C=O) groups excluding carboxylic acids is 1. The predicted molar refractivity (Wildman–Crippen MR) is 131 cm³/mol. The second kappa shape index (κ2) is 8.09. The van der Waals surface area contributed by atoms with E-state index in [0.717, 1.165) is 30.3 Å². The third kappa shape index (κ3) is 3.32. The lowest BCUT2D eigenvalue weighted by atomic mass is 9.66. The number of carbonyl (C=O) groups is 1. The van der Waals surface area contributed by atoms with Crippen LogP contribution in [0.5, 0.6) is 0 Å². The summed E-state index contributed by atoms with van der Waals surface area (Å²) in [5, 5.41) is 11.4. The lowest BCUT2D eigenvalue weighted by molar-refractivity contribution is 0.102. The highest BCUT2D eigenvalue weighted by atomic mass is 19.1. The van der Waals surface area contributed by atoms with Gasteiger partial charge in [0, 0.05) is 6.20 Å². The van der Waals surface area contributed by atoms with Gasteiger partial charge in [-0.25, -0.2) is 18.7 Å². The van der Waals surface area contributed by atoms with Gasteiger partial charge in [0.25, 0.3) is 11.5 Å². The van der Waals surface area contributed by atoms with Crippen molar-refractivity contribution >= 4 is 11.7 Å². The zero-order valence-electron chi connectivity index (χ0n) is 20.0. The number of anilines is 1. The Hall–Kier alpha value is -4.34.